The van der Waals surface area contributed by atoms with Crippen molar-refractivity contribution in [1.29, 1.82) is 0 Å². The van der Waals surface area contributed by atoms with Crippen LogP contribution in [0, 0.1) is 13.8 Å². The Balaban J connectivity index is 1.82. The highest BCUT2D eigenvalue weighted by molar-refractivity contribution is 7.92. The van der Waals surface area contributed by atoms with Gasteiger partial charge in [-0.2, -0.15) is 5.10 Å². The van der Waals surface area contributed by atoms with Gasteiger partial charge in [0.15, 0.2) is 0 Å². The van der Waals surface area contributed by atoms with Crippen molar-refractivity contribution in [2.24, 2.45) is 0 Å². The molecule has 1 aromatic carbocycles. The van der Waals surface area contributed by atoms with Crippen LogP contribution in [0.4, 0.5) is 5.69 Å². The molecule has 0 saturated carbocycles. The molecule has 3 aromatic rings. The molecule has 0 bridgehead atoms. The van der Waals surface area contributed by atoms with Gasteiger partial charge in [-0.15, -0.1) is 0 Å². The number of ether oxygens (including phenoxy) is 1. The number of aromatic nitrogens is 4. The first kappa shape index (κ1) is 19.8. The van der Waals surface area contributed by atoms with Crippen molar-refractivity contribution in [3.63, 3.8) is 0 Å². The van der Waals surface area contributed by atoms with Crippen molar-refractivity contribution < 1.29 is 13.2 Å². The topological polar surface area (TPSA) is 99.0 Å². The second-order valence-electron chi connectivity index (χ2n) is 7.35. The van der Waals surface area contributed by atoms with Crippen LogP contribution in [0.25, 0.3) is 0 Å². The normalized spacial score (nSPS) is 12.0. The molecule has 8 nitrogen and oxygen atoms in total. The molecule has 0 saturated heterocycles. The third kappa shape index (κ3) is 4.14. The lowest BCUT2D eigenvalue weighted by Crippen LogP contribution is -2.25. The molecule has 0 spiro atoms. The molecule has 28 heavy (non-hydrogen) atoms. The van der Waals surface area contributed by atoms with E-state index in [-0.39, 0.29) is 16.4 Å². The first-order valence-electron chi connectivity index (χ1n) is 8.72. The van der Waals surface area contributed by atoms with Gasteiger partial charge in [-0.3, -0.25) is 9.40 Å². The van der Waals surface area contributed by atoms with Crippen LogP contribution in [0.2, 0.25) is 0 Å². The summed E-state index contributed by atoms with van der Waals surface area (Å²) in [4.78, 5) is 8.16. The summed E-state index contributed by atoms with van der Waals surface area (Å²) in [7, 11) is -3.78. The molecule has 0 aliphatic carbocycles. The van der Waals surface area contributed by atoms with E-state index in [4.69, 9.17) is 4.74 Å². The van der Waals surface area contributed by atoms with E-state index in [0.717, 1.165) is 0 Å². The zero-order valence-corrected chi connectivity index (χ0v) is 17.3. The molecule has 9 heteroatoms. The third-order valence-electron chi connectivity index (χ3n) is 3.99. The SMILES string of the molecule is Cc1nn(C(C)(C)C)c(C)c1S(=O)(=O)Nc1ccc(Oc2ncccn2)cc1. The highest BCUT2D eigenvalue weighted by Gasteiger charge is 2.28. The van der Waals surface area contributed by atoms with E-state index in [0.29, 0.717) is 22.8 Å². The Morgan fingerprint density at radius 3 is 2.18 bits per heavy atom. The number of anilines is 1. The Labute approximate surface area is 164 Å². The van der Waals surface area contributed by atoms with Crippen molar-refractivity contribution in [3.05, 3.63) is 54.1 Å². The molecule has 2 heterocycles. The monoisotopic (exact) mass is 401 g/mol. The average Bonchev–Trinajstić information content (AvgIpc) is 2.93. The van der Waals surface area contributed by atoms with E-state index in [1.54, 1.807) is 61.3 Å². The van der Waals surface area contributed by atoms with Crippen LogP contribution in [0.3, 0.4) is 0 Å². The van der Waals surface area contributed by atoms with Gasteiger partial charge in [0, 0.05) is 18.1 Å². The van der Waals surface area contributed by atoms with Crippen molar-refractivity contribution >= 4 is 15.7 Å². The minimum Gasteiger partial charge on any atom is -0.424 e. The molecule has 2 aromatic heterocycles. The molecule has 0 unspecified atom stereocenters. The van der Waals surface area contributed by atoms with Crippen molar-refractivity contribution in [1.82, 2.24) is 19.7 Å². The summed E-state index contributed by atoms with van der Waals surface area (Å²) in [6.45, 7) is 9.39. The summed E-state index contributed by atoms with van der Waals surface area (Å²) in [5, 5.41) is 4.41. The molecule has 3 rings (SSSR count). The third-order valence-corrected chi connectivity index (χ3v) is 5.62. The molecule has 0 fully saturated rings. The molecule has 148 valence electrons. The minimum absolute atomic E-state index is 0.195. The van der Waals surface area contributed by atoms with Crippen LogP contribution in [0.5, 0.6) is 11.8 Å². The molecule has 0 amide bonds. The summed E-state index contributed by atoms with van der Waals surface area (Å²) in [5.41, 5.74) is 1.16. The fourth-order valence-corrected chi connectivity index (χ4v) is 4.36. The van der Waals surface area contributed by atoms with Crippen LogP contribution in [-0.4, -0.2) is 28.2 Å². The van der Waals surface area contributed by atoms with E-state index < -0.39 is 10.0 Å². The van der Waals surface area contributed by atoms with Crippen LogP contribution >= 0.6 is 0 Å². The molecular weight excluding hydrogens is 378 g/mol. The number of nitrogens with one attached hydrogen (secondary N) is 1. The van der Waals surface area contributed by atoms with E-state index in [2.05, 4.69) is 19.8 Å². The summed E-state index contributed by atoms with van der Waals surface area (Å²) in [5.74, 6) is 0.502. The maximum atomic E-state index is 12.9. The summed E-state index contributed by atoms with van der Waals surface area (Å²) in [6, 6.07) is 8.44. The fraction of sp³-hybridized carbons (Fsp3) is 0.316. The summed E-state index contributed by atoms with van der Waals surface area (Å²) >= 11 is 0. The van der Waals surface area contributed by atoms with Crippen LogP contribution < -0.4 is 9.46 Å². The highest BCUT2D eigenvalue weighted by atomic mass is 32.2. The number of sulfonamides is 1. The predicted octanol–water partition coefficient (Wildman–Crippen LogP) is 3.64. The van der Waals surface area contributed by atoms with Gasteiger partial charge in [-0.25, -0.2) is 18.4 Å². The Bertz CT molecular complexity index is 1070. The standard InChI is InChI=1S/C19H23N5O3S/c1-13-17(14(2)24(22-13)19(3,4)5)28(25,26)23-15-7-9-16(10-8-15)27-18-20-11-6-12-21-18/h6-12,23H,1-5H3. The number of nitrogens with zero attached hydrogens (tertiary/aromatic N) is 4. The lowest BCUT2D eigenvalue weighted by Gasteiger charge is -2.21. The van der Waals surface area contributed by atoms with Gasteiger partial charge in [0.1, 0.15) is 10.6 Å². The second-order valence-corrected chi connectivity index (χ2v) is 8.97. The van der Waals surface area contributed by atoms with Gasteiger partial charge in [0.05, 0.1) is 16.9 Å². The van der Waals surface area contributed by atoms with Crippen molar-refractivity contribution in [2.45, 2.75) is 45.1 Å². The van der Waals surface area contributed by atoms with Crippen LogP contribution in [0.1, 0.15) is 32.2 Å². The Hall–Kier alpha value is -2.94. The zero-order valence-electron chi connectivity index (χ0n) is 16.5. The summed E-state index contributed by atoms with van der Waals surface area (Å²) < 4.78 is 35.7. The van der Waals surface area contributed by atoms with Gasteiger partial charge < -0.3 is 4.74 Å². The van der Waals surface area contributed by atoms with E-state index >= 15 is 0 Å². The number of hydrogen-bond acceptors (Lipinski definition) is 6. The number of hydrogen-bond donors (Lipinski definition) is 1. The maximum absolute atomic E-state index is 12.9. The molecule has 1 N–H and O–H groups in total. The van der Waals surface area contributed by atoms with Gasteiger partial charge >= 0.3 is 6.01 Å². The molecule has 0 radical (unpaired) electrons. The smallest absolute Gasteiger partial charge is 0.321 e. The highest BCUT2D eigenvalue weighted by Crippen LogP contribution is 2.27. The lowest BCUT2D eigenvalue weighted by atomic mass is 10.1. The van der Waals surface area contributed by atoms with E-state index in [1.807, 2.05) is 20.8 Å². The molecular formula is C19H23N5O3S. The predicted molar refractivity (Wildman–Crippen MR) is 106 cm³/mol. The summed E-state index contributed by atoms with van der Waals surface area (Å²) in [6.07, 6.45) is 3.15. The lowest BCUT2D eigenvalue weighted by molar-refractivity contribution is 0.345. The maximum Gasteiger partial charge on any atom is 0.321 e. The molecule has 0 aliphatic rings. The minimum atomic E-state index is -3.78. The van der Waals surface area contributed by atoms with Crippen molar-refractivity contribution in [2.75, 3.05) is 4.72 Å². The van der Waals surface area contributed by atoms with Crippen LogP contribution in [0.15, 0.2) is 47.6 Å². The Morgan fingerprint density at radius 1 is 1.04 bits per heavy atom. The molecule has 0 aliphatic heterocycles. The van der Waals surface area contributed by atoms with Crippen molar-refractivity contribution in [3.8, 4) is 11.8 Å². The number of rotatable bonds is 5. The van der Waals surface area contributed by atoms with Gasteiger partial charge in [-0.05, 0) is 65.0 Å². The average molecular weight is 401 g/mol. The van der Waals surface area contributed by atoms with Gasteiger partial charge in [0.2, 0.25) is 0 Å². The first-order chi connectivity index (χ1) is 13.1. The zero-order chi connectivity index (χ0) is 20.5. The fourth-order valence-electron chi connectivity index (χ4n) is 2.91. The second kappa shape index (κ2) is 7.23. The van der Waals surface area contributed by atoms with E-state index in [9.17, 15) is 8.42 Å². The number of benzene rings is 1. The largest absolute Gasteiger partial charge is 0.424 e. The quantitative estimate of drug-likeness (QED) is 0.701. The van der Waals surface area contributed by atoms with Crippen LogP contribution in [-0.2, 0) is 15.6 Å². The Kier molecular flexibility index (Phi) is 5.12. The van der Waals surface area contributed by atoms with Gasteiger partial charge in [-0.1, -0.05) is 0 Å². The number of aryl methyl sites for hydroxylation is 1. The molecule has 0 atom stereocenters. The Morgan fingerprint density at radius 2 is 1.64 bits per heavy atom. The van der Waals surface area contributed by atoms with E-state index in [1.165, 1.54) is 0 Å². The first-order valence-corrected chi connectivity index (χ1v) is 10.2. The van der Waals surface area contributed by atoms with Gasteiger partial charge in [0.25, 0.3) is 10.0 Å².